The number of nitrogens with zero attached hydrogens (tertiary/aromatic N) is 2. The van der Waals surface area contributed by atoms with Crippen LogP contribution in [0.4, 0.5) is 0 Å². The molecule has 27 heavy (non-hydrogen) atoms. The number of H-pyrrole nitrogens is 1. The van der Waals surface area contributed by atoms with Crippen molar-refractivity contribution in [2.24, 2.45) is 5.10 Å². The number of methoxy groups -OCH3 is 1. The fourth-order valence-corrected chi connectivity index (χ4v) is 3.11. The Bertz CT molecular complexity index is 1000. The van der Waals surface area contributed by atoms with Gasteiger partial charge in [-0.25, -0.2) is 5.43 Å². The molecule has 0 atom stereocenters. The van der Waals surface area contributed by atoms with Crippen molar-refractivity contribution in [3.8, 4) is 22.8 Å². The van der Waals surface area contributed by atoms with Gasteiger partial charge in [0.25, 0.3) is 5.91 Å². The van der Waals surface area contributed by atoms with Crippen LogP contribution in [0.1, 0.15) is 16.1 Å². The Balaban J connectivity index is 1.73. The third kappa shape index (κ3) is 4.20. The second-order valence-electron chi connectivity index (χ2n) is 5.38. The molecule has 0 aliphatic rings. The van der Waals surface area contributed by atoms with Gasteiger partial charge in [0.1, 0.15) is 5.69 Å². The van der Waals surface area contributed by atoms with E-state index in [-0.39, 0.29) is 17.2 Å². The smallest absolute Gasteiger partial charge is 0.289 e. The van der Waals surface area contributed by atoms with Gasteiger partial charge in [0, 0.05) is 15.6 Å². The van der Waals surface area contributed by atoms with E-state index in [0.717, 1.165) is 5.56 Å². The number of aromatic hydroxyl groups is 1. The molecule has 0 unspecified atom stereocenters. The lowest BCUT2D eigenvalue weighted by Gasteiger charge is -2.09. The average molecular weight is 494 g/mol. The van der Waals surface area contributed by atoms with E-state index in [9.17, 15) is 9.90 Å². The molecule has 1 amide bonds. The molecule has 9 heteroatoms. The van der Waals surface area contributed by atoms with Gasteiger partial charge in [0.15, 0.2) is 11.5 Å². The van der Waals surface area contributed by atoms with Crippen molar-refractivity contribution in [3.63, 3.8) is 0 Å². The molecule has 1 aromatic heterocycles. The Kier molecular flexibility index (Phi) is 5.92. The van der Waals surface area contributed by atoms with Crippen LogP contribution in [0.25, 0.3) is 11.3 Å². The molecule has 0 aliphatic carbocycles. The molecule has 0 saturated carbocycles. The van der Waals surface area contributed by atoms with E-state index in [1.807, 2.05) is 30.3 Å². The highest BCUT2D eigenvalue weighted by Crippen LogP contribution is 2.41. The molecule has 0 bridgehead atoms. The summed E-state index contributed by atoms with van der Waals surface area (Å²) < 4.78 is 6.10. The first-order chi connectivity index (χ1) is 13.0. The molecule has 2 aromatic carbocycles. The SMILES string of the molecule is COc1cc(C=NNC(=O)c2cc(-c3ccccc3)n[nH]2)c(Br)c(Br)c1O. The molecule has 0 radical (unpaired) electrons. The van der Waals surface area contributed by atoms with Gasteiger partial charge in [-0.15, -0.1) is 0 Å². The lowest BCUT2D eigenvalue weighted by atomic mass is 10.1. The summed E-state index contributed by atoms with van der Waals surface area (Å²) in [6, 6.07) is 12.8. The van der Waals surface area contributed by atoms with E-state index in [1.54, 1.807) is 12.1 Å². The van der Waals surface area contributed by atoms with Crippen LogP contribution in [-0.4, -0.2) is 34.5 Å². The molecule has 138 valence electrons. The van der Waals surface area contributed by atoms with Crippen molar-refractivity contribution >= 4 is 44.0 Å². The number of aromatic nitrogens is 2. The first-order valence-electron chi connectivity index (χ1n) is 7.70. The van der Waals surface area contributed by atoms with E-state index in [2.05, 4.69) is 52.6 Å². The number of carbonyl (C=O) groups excluding carboxylic acids is 1. The molecule has 3 aromatic rings. The van der Waals surface area contributed by atoms with Gasteiger partial charge in [0.05, 0.1) is 23.5 Å². The average Bonchev–Trinajstić information content (AvgIpc) is 3.19. The van der Waals surface area contributed by atoms with E-state index in [0.29, 0.717) is 20.2 Å². The standard InChI is InChI=1S/C18H14Br2N4O3/c1-27-14-7-11(15(19)16(20)17(14)25)9-21-24-18(26)13-8-12(22-23-13)10-5-3-2-4-6-10/h2-9,25H,1H3,(H,22,23)(H,24,26). The molecule has 1 heterocycles. The summed E-state index contributed by atoms with van der Waals surface area (Å²) in [5, 5.41) is 20.7. The predicted molar refractivity (Wildman–Crippen MR) is 109 cm³/mol. The Morgan fingerprint density at radius 1 is 1.26 bits per heavy atom. The second-order valence-corrected chi connectivity index (χ2v) is 6.96. The lowest BCUT2D eigenvalue weighted by Crippen LogP contribution is -2.18. The number of carbonyl (C=O) groups is 1. The Labute approximate surface area is 171 Å². The Morgan fingerprint density at radius 3 is 2.70 bits per heavy atom. The first-order valence-corrected chi connectivity index (χ1v) is 9.29. The van der Waals surface area contributed by atoms with Crippen LogP contribution in [0.15, 0.2) is 56.5 Å². The maximum absolute atomic E-state index is 12.2. The maximum Gasteiger partial charge on any atom is 0.289 e. The van der Waals surface area contributed by atoms with Gasteiger partial charge in [0.2, 0.25) is 0 Å². The monoisotopic (exact) mass is 492 g/mol. The zero-order valence-electron chi connectivity index (χ0n) is 14.0. The minimum atomic E-state index is -0.429. The molecule has 3 rings (SSSR count). The van der Waals surface area contributed by atoms with Gasteiger partial charge in [-0.1, -0.05) is 30.3 Å². The number of phenols is 1. The van der Waals surface area contributed by atoms with Crippen molar-refractivity contribution in [3.05, 3.63) is 62.7 Å². The third-order valence-electron chi connectivity index (χ3n) is 3.66. The van der Waals surface area contributed by atoms with Gasteiger partial charge >= 0.3 is 0 Å². The van der Waals surface area contributed by atoms with E-state index >= 15 is 0 Å². The van der Waals surface area contributed by atoms with Crippen molar-refractivity contribution in [1.29, 1.82) is 0 Å². The zero-order chi connectivity index (χ0) is 19.4. The summed E-state index contributed by atoms with van der Waals surface area (Å²) in [5.41, 5.74) is 4.89. The fourth-order valence-electron chi connectivity index (χ4n) is 2.28. The van der Waals surface area contributed by atoms with Gasteiger partial charge in [-0.2, -0.15) is 10.2 Å². The number of halogens is 2. The molecule has 3 N–H and O–H groups in total. The van der Waals surface area contributed by atoms with Crippen LogP contribution in [0, 0.1) is 0 Å². The van der Waals surface area contributed by atoms with Crippen LogP contribution < -0.4 is 10.2 Å². The number of nitrogens with one attached hydrogen (secondary N) is 2. The summed E-state index contributed by atoms with van der Waals surface area (Å²) in [5.74, 6) is -0.183. The van der Waals surface area contributed by atoms with E-state index in [4.69, 9.17) is 4.74 Å². The van der Waals surface area contributed by atoms with Gasteiger partial charge in [-0.05, 0) is 44.0 Å². The fraction of sp³-hybridized carbons (Fsp3) is 0.0556. The highest BCUT2D eigenvalue weighted by atomic mass is 79.9. The third-order valence-corrected chi connectivity index (χ3v) is 5.81. The number of hydrogen-bond acceptors (Lipinski definition) is 5. The van der Waals surface area contributed by atoms with Crippen molar-refractivity contribution < 1.29 is 14.6 Å². The van der Waals surface area contributed by atoms with Gasteiger partial charge in [-0.3, -0.25) is 9.89 Å². The van der Waals surface area contributed by atoms with Crippen LogP contribution in [-0.2, 0) is 0 Å². The molecule has 7 nitrogen and oxygen atoms in total. The first kappa shape index (κ1) is 19.1. The molecular weight excluding hydrogens is 480 g/mol. The van der Waals surface area contributed by atoms with Crippen LogP contribution in [0.5, 0.6) is 11.5 Å². The molecule has 0 spiro atoms. The van der Waals surface area contributed by atoms with E-state index in [1.165, 1.54) is 13.3 Å². The molecule has 0 saturated heterocycles. The highest BCUT2D eigenvalue weighted by molar-refractivity contribution is 9.13. The number of amides is 1. The minimum absolute atomic E-state index is 0.0311. The predicted octanol–water partition coefficient (Wildman–Crippen LogP) is 4.08. The number of aromatic amines is 1. The highest BCUT2D eigenvalue weighted by Gasteiger charge is 2.14. The largest absolute Gasteiger partial charge is 0.503 e. The summed E-state index contributed by atoms with van der Waals surface area (Å²) in [7, 11) is 1.45. The normalized spacial score (nSPS) is 10.9. The van der Waals surface area contributed by atoms with Gasteiger partial charge < -0.3 is 9.84 Å². The van der Waals surface area contributed by atoms with Crippen LogP contribution in [0.3, 0.4) is 0 Å². The van der Waals surface area contributed by atoms with Crippen molar-refractivity contribution in [1.82, 2.24) is 15.6 Å². The summed E-state index contributed by atoms with van der Waals surface area (Å²) >= 11 is 6.62. The Morgan fingerprint density at radius 2 is 2.00 bits per heavy atom. The number of hydrogen-bond donors (Lipinski definition) is 3. The van der Waals surface area contributed by atoms with Crippen LogP contribution in [0.2, 0.25) is 0 Å². The summed E-state index contributed by atoms with van der Waals surface area (Å²) in [6.07, 6.45) is 1.43. The lowest BCUT2D eigenvalue weighted by molar-refractivity contribution is 0.0950. The number of hydrazone groups is 1. The minimum Gasteiger partial charge on any atom is -0.503 e. The number of ether oxygens (including phenoxy) is 1. The summed E-state index contributed by atoms with van der Waals surface area (Å²) in [4.78, 5) is 12.2. The quantitative estimate of drug-likeness (QED) is 0.368. The van der Waals surface area contributed by atoms with Crippen LogP contribution >= 0.6 is 31.9 Å². The van der Waals surface area contributed by atoms with Crippen molar-refractivity contribution in [2.45, 2.75) is 0 Å². The number of benzene rings is 2. The number of rotatable bonds is 5. The van der Waals surface area contributed by atoms with E-state index < -0.39 is 5.91 Å². The summed E-state index contributed by atoms with van der Waals surface area (Å²) in [6.45, 7) is 0. The maximum atomic E-state index is 12.2. The second kappa shape index (κ2) is 8.36. The zero-order valence-corrected chi connectivity index (χ0v) is 17.2. The molecule has 0 aliphatic heterocycles. The molecule has 0 fully saturated rings. The van der Waals surface area contributed by atoms with Crippen molar-refractivity contribution in [2.75, 3.05) is 7.11 Å². The topological polar surface area (TPSA) is 99.6 Å². The molecular formula is C18H14Br2N4O3. The Hall–Kier alpha value is -2.65. The number of phenolic OH excluding ortho intramolecular Hbond substituents is 1.